The van der Waals surface area contributed by atoms with E-state index in [0.29, 0.717) is 12.1 Å². The molecule has 2 aromatic carbocycles. The number of benzene rings is 2. The molecule has 2 N–H and O–H groups in total. The fourth-order valence-corrected chi connectivity index (χ4v) is 2.54. The first-order valence-electron chi connectivity index (χ1n) is 7.04. The summed E-state index contributed by atoms with van der Waals surface area (Å²) in [6.45, 7) is 2.27. The predicted octanol–water partition coefficient (Wildman–Crippen LogP) is 2.29. The molecule has 0 fully saturated rings. The van der Waals surface area contributed by atoms with Gasteiger partial charge < -0.3 is 10.6 Å². The van der Waals surface area contributed by atoms with Gasteiger partial charge >= 0.3 is 0 Å². The topological polar surface area (TPSA) is 41.1 Å². The molecule has 0 spiro atoms. The maximum Gasteiger partial charge on any atom is 0.224 e. The Balaban J connectivity index is 1.58. The summed E-state index contributed by atoms with van der Waals surface area (Å²) in [6.07, 6.45) is 0.0686. The fourth-order valence-electron chi connectivity index (χ4n) is 2.54. The molecule has 0 aromatic heterocycles. The molecule has 0 radical (unpaired) electrons. The van der Waals surface area contributed by atoms with Crippen LogP contribution in [-0.2, 0) is 30.8 Å². The van der Waals surface area contributed by atoms with Crippen LogP contribution in [0.2, 0.25) is 0 Å². The van der Waals surface area contributed by atoms with E-state index in [1.165, 1.54) is 17.2 Å². The van der Waals surface area contributed by atoms with E-state index < -0.39 is 0 Å². The smallest absolute Gasteiger partial charge is 0.224 e. The van der Waals surface area contributed by atoms with E-state index in [9.17, 15) is 9.18 Å². The monoisotopic (exact) mass is 284 g/mol. The van der Waals surface area contributed by atoms with Gasteiger partial charge in [0.15, 0.2) is 0 Å². The summed E-state index contributed by atoms with van der Waals surface area (Å²) in [5.41, 5.74) is 4.10. The first kappa shape index (κ1) is 13.8. The molecule has 21 heavy (non-hydrogen) atoms. The van der Waals surface area contributed by atoms with E-state index in [4.69, 9.17) is 0 Å². The van der Waals surface area contributed by atoms with Gasteiger partial charge in [-0.1, -0.05) is 36.4 Å². The molecule has 3 rings (SSSR count). The molecule has 0 bridgehead atoms. The molecule has 1 aliphatic heterocycles. The summed E-state index contributed by atoms with van der Waals surface area (Å²) >= 11 is 0. The fraction of sp³-hybridized carbons (Fsp3) is 0.235. The Morgan fingerprint density at radius 1 is 1.14 bits per heavy atom. The first-order valence-corrected chi connectivity index (χ1v) is 7.04. The highest BCUT2D eigenvalue weighted by molar-refractivity contribution is 5.78. The normalized spacial score (nSPS) is 13.0. The lowest BCUT2D eigenvalue weighted by atomic mass is 10.1. The molecule has 0 saturated heterocycles. The second kappa shape index (κ2) is 6.06. The molecule has 0 unspecified atom stereocenters. The standard InChI is InChI=1S/C17H17FN2O/c18-16-4-2-1-3-13(16)8-17(21)20-9-12-5-6-14-10-19-11-15(14)7-12/h1-7,19H,8-11H2,(H,20,21). The van der Waals surface area contributed by atoms with Crippen molar-refractivity contribution in [3.05, 3.63) is 70.5 Å². The van der Waals surface area contributed by atoms with Crippen LogP contribution in [0.1, 0.15) is 22.3 Å². The zero-order chi connectivity index (χ0) is 14.7. The number of hydrogen-bond acceptors (Lipinski definition) is 2. The molecule has 0 atom stereocenters. The number of rotatable bonds is 4. The lowest BCUT2D eigenvalue weighted by molar-refractivity contribution is -0.120. The van der Waals surface area contributed by atoms with Gasteiger partial charge in [0, 0.05) is 19.6 Å². The summed E-state index contributed by atoms with van der Waals surface area (Å²) in [6, 6.07) is 12.6. The Morgan fingerprint density at radius 2 is 1.95 bits per heavy atom. The van der Waals surface area contributed by atoms with Crippen molar-refractivity contribution in [3.63, 3.8) is 0 Å². The second-order valence-corrected chi connectivity index (χ2v) is 5.25. The molecule has 1 heterocycles. The van der Waals surface area contributed by atoms with Gasteiger partial charge in [-0.2, -0.15) is 0 Å². The second-order valence-electron chi connectivity index (χ2n) is 5.25. The van der Waals surface area contributed by atoms with E-state index in [2.05, 4.69) is 22.8 Å². The van der Waals surface area contributed by atoms with Crippen LogP contribution in [0.4, 0.5) is 4.39 Å². The van der Waals surface area contributed by atoms with Crippen molar-refractivity contribution in [3.8, 4) is 0 Å². The molecular weight excluding hydrogens is 267 g/mol. The highest BCUT2D eigenvalue weighted by atomic mass is 19.1. The zero-order valence-corrected chi connectivity index (χ0v) is 11.7. The molecule has 1 amide bonds. The highest BCUT2D eigenvalue weighted by Gasteiger charge is 2.11. The van der Waals surface area contributed by atoms with Gasteiger partial charge in [-0.3, -0.25) is 4.79 Å². The van der Waals surface area contributed by atoms with Crippen LogP contribution in [0.15, 0.2) is 42.5 Å². The largest absolute Gasteiger partial charge is 0.352 e. The number of nitrogens with one attached hydrogen (secondary N) is 2. The van der Waals surface area contributed by atoms with Crippen LogP contribution in [-0.4, -0.2) is 5.91 Å². The van der Waals surface area contributed by atoms with Gasteiger partial charge in [0.05, 0.1) is 6.42 Å². The van der Waals surface area contributed by atoms with Crippen LogP contribution in [0.3, 0.4) is 0 Å². The van der Waals surface area contributed by atoms with Gasteiger partial charge in [-0.15, -0.1) is 0 Å². The Bertz CT molecular complexity index is 670. The van der Waals surface area contributed by atoms with Crippen molar-refractivity contribution in [1.82, 2.24) is 10.6 Å². The molecule has 4 heteroatoms. The molecule has 1 aliphatic rings. The van der Waals surface area contributed by atoms with Gasteiger partial charge in [0.25, 0.3) is 0 Å². The lowest BCUT2D eigenvalue weighted by Gasteiger charge is -2.07. The van der Waals surface area contributed by atoms with Crippen LogP contribution in [0.25, 0.3) is 0 Å². The van der Waals surface area contributed by atoms with Gasteiger partial charge in [-0.25, -0.2) is 4.39 Å². The number of amides is 1. The number of carbonyl (C=O) groups excluding carboxylic acids is 1. The van der Waals surface area contributed by atoms with Gasteiger partial charge in [0.1, 0.15) is 5.82 Å². The summed E-state index contributed by atoms with van der Waals surface area (Å²) in [5, 5.41) is 6.13. The molecule has 2 aromatic rings. The van der Waals surface area contributed by atoms with Crippen LogP contribution in [0, 0.1) is 5.82 Å². The van der Waals surface area contributed by atoms with E-state index in [0.717, 1.165) is 18.7 Å². The third-order valence-corrected chi connectivity index (χ3v) is 3.70. The quantitative estimate of drug-likeness (QED) is 0.904. The molecular formula is C17H17FN2O. The SMILES string of the molecule is O=C(Cc1ccccc1F)NCc1ccc2c(c1)CNC2. The van der Waals surface area contributed by atoms with Crippen LogP contribution < -0.4 is 10.6 Å². The summed E-state index contributed by atoms with van der Waals surface area (Å²) in [4.78, 5) is 11.9. The highest BCUT2D eigenvalue weighted by Crippen LogP contribution is 2.17. The van der Waals surface area contributed by atoms with Gasteiger partial charge in [-0.05, 0) is 28.3 Å². The van der Waals surface area contributed by atoms with E-state index in [-0.39, 0.29) is 18.1 Å². The Morgan fingerprint density at radius 3 is 2.81 bits per heavy atom. The summed E-state index contributed by atoms with van der Waals surface area (Å²) in [7, 11) is 0. The van der Waals surface area contributed by atoms with E-state index in [1.54, 1.807) is 18.2 Å². The van der Waals surface area contributed by atoms with Crippen LogP contribution in [0.5, 0.6) is 0 Å². The minimum absolute atomic E-state index is 0.0686. The summed E-state index contributed by atoms with van der Waals surface area (Å²) < 4.78 is 13.5. The molecule has 3 nitrogen and oxygen atoms in total. The third kappa shape index (κ3) is 3.28. The average Bonchev–Trinajstić information content (AvgIpc) is 2.95. The van der Waals surface area contributed by atoms with Crippen molar-refractivity contribution in [2.45, 2.75) is 26.1 Å². The Labute approximate surface area is 123 Å². The number of carbonyl (C=O) groups is 1. The van der Waals surface area contributed by atoms with Crippen molar-refractivity contribution in [2.24, 2.45) is 0 Å². The lowest BCUT2D eigenvalue weighted by Crippen LogP contribution is -2.25. The molecule has 0 aliphatic carbocycles. The van der Waals surface area contributed by atoms with Crippen molar-refractivity contribution in [1.29, 1.82) is 0 Å². The average molecular weight is 284 g/mol. The predicted molar refractivity (Wildman–Crippen MR) is 78.9 cm³/mol. The Kier molecular flexibility index (Phi) is 3.97. The van der Waals surface area contributed by atoms with Crippen molar-refractivity contribution >= 4 is 5.91 Å². The zero-order valence-electron chi connectivity index (χ0n) is 11.7. The van der Waals surface area contributed by atoms with Crippen molar-refractivity contribution in [2.75, 3.05) is 0 Å². The van der Waals surface area contributed by atoms with Crippen LogP contribution >= 0.6 is 0 Å². The maximum atomic E-state index is 13.5. The molecule has 108 valence electrons. The third-order valence-electron chi connectivity index (χ3n) is 3.70. The number of fused-ring (bicyclic) bond motifs is 1. The minimum atomic E-state index is -0.337. The van der Waals surface area contributed by atoms with Gasteiger partial charge in [0.2, 0.25) is 5.91 Å². The maximum absolute atomic E-state index is 13.5. The number of halogens is 1. The number of hydrogen-bond donors (Lipinski definition) is 2. The molecule has 0 saturated carbocycles. The minimum Gasteiger partial charge on any atom is -0.352 e. The van der Waals surface area contributed by atoms with Crippen molar-refractivity contribution < 1.29 is 9.18 Å². The Hall–Kier alpha value is -2.20. The van der Waals surface area contributed by atoms with E-state index in [1.807, 2.05) is 6.07 Å². The first-order chi connectivity index (χ1) is 10.2. The summed E-state index contributed by atoms with van der Waals surface area (Å²) in [5.74, 6) is -0.505. The van der Waals surface area contributed by atoms with E-state index >= 15 is 0 Å².